The van der Waals surface area contributed by atoms with Crippen LogP contribution in [0.25, 0.3) is 15.9 Å². The van der Waals surface area contributed by atoms with Gasteiger partial charge in [-0.3, -0.25) is 10.1 Å². The van der Waals surface area contributed by atoms with Crippen molar-refractivity contribution < 1.29 is 4.79 Å². The first kappa shape index (κ1) is 17.1. The highest BCUT2D eigenvalue weighted by atomic mass is 16.2. The van der Waals surface area contributed by atoms with Crippen molar-refractivity contribution in [3.05, 3.63) is 29.6 Å². The summed E-state index contributed by atoms with van der Waals surface area (Å²) in [6.45, 7) is 7.26. The van der Waals surface area contributed by atoms with Gasteiger partial charge in [-0.05, 0) is 62.5 Å². The molecule has 1 heterocycles. The van der Waals surface area contributed by atoms with E-state index in [0.717, 1.165) is 36.2 Å². The Morgan fingerprint density at radius 1 is 1.23 bits per heavy atom. The maximum absolute atomic E-state index is 12.9. The van der Waals surface area contributed by atoms with E-state index in [1.54, 1.807) is 6.07 Å². The molecule has 26 heavy (non-hydrogen) atoms. The topological polar surface area (TPSA) is 51.3 Å². The van der Waals surface area contributed by atoms with Crippen LogP contribution in [0.1, 0.15) is 58.4 Å². The van der Waals surface area contributed by atoms with Crippen LogP contribution in [0.4, 0.5) is 11.6 Å². The Kier molecular flexibility index (Phi) is 4.22. The average molecular weight is 350 g/mol. The number of amides is 1. The van der Waals surface area contributed by atoms with Gasteiger partial charge in [-0.15, -0.1) is 0 Å². The minimum absolute atomic E-state index is 0. The molecule has 1 amide bonds. The Morgan fingerprint density at radius 3 is 2.69 bits per heavy atom. The number of nitrogens with one attached hydrogen (secondary N) is 1. The van der Waals surface area contributed by atoms with E-state index in [-0.39, 0.29) is 19.3 Å². The molecule has 5 rings (SSSR count). The van der Waals surface area contributed by atoms with Crippen LogP contribution >= 0.6 is 0 Å². The SMILES string of the molecule is C.[C-]#[N+]c1ccc2nc(NC(=O)C3CC4CCC3C4)n(C3CCC3)c2c1. The van der Waals surface area contributed by atoms with Crippen LogP contribution in [0.5, 0.6) is 0 Å². The molecular weight excluding hydrogens is 324 g/mol. The molecule has 3 aliphatic carbocycles. The van der Waals surface area contributed by atoms with Gasteiger partial charge < -0.3 is 4.57 Å². The first-order chi connectivity index (χ1) is 12.2. The molecule has 2 bridgehead atoms. The number of benzene rings is 1. The molecule has 3 aliphatic rings. The molecule has 5 heteroatoms. The van der Waals surface area contributed by atoms with Crippen molar-refractivity contribution in [3.8, 4) is 0 Å². The van der Waals surface area contributed by atoms with Gasteiger partial charge in [-0.1, -0.05) is 19.9 Å². The first-order valence-electron chi connectivity index (χ1n) is 9.43. The Hall–Kier alpha value is -2.35. The van der Waals surface area contributed by atoms with Crippen LogP contribution in [0.15, 0.2) is 18.2 Å². The monoisotopic (exact) mass is 350 g/mol. The lowest BCUT2D eigenvalue weighted by Crippen LogP contribution is -2.29. The maximum atomic E-state index is 12.9. The van der Waals surface area contributed by atoms with E-state index in [4.69, 9.17) is 11.6 Å². The predicted molar refractivity (Wildman–Crippen MR) is 103 cm³/mol. The molecule has 1 aromatic carbocycles. The zero-order chi connectivity index (χ0) is 17.0. The number of carbonyl (C=O) groups excluding carboxylic acids is 1. The highest BCUT2D eigenvalue weighted by Crippen LogP contribution is 2.48. The van der Waals surface area contributed by atoms with E-state index in [1.165, 1.54) is 25.7 Å². The van der Waals surface area contributed by atoms with E-state index in [9.17, 15) is 4.79 Å². The normalized spacial score (nSPS) is 27.0. The Labute approximate surface area is 154 Å². The van der Waals surface area contributed by atoms with Crippen molar-refractivity contribution in [2.75, 3.05) is 5.32 Å². The summed E-state index contributed by atoms with van der Waals surface area (Å²) in [7, 11) is 0. The van der Waals surface area contributed by atoms with Crippen LogP contribution in [-0.4, -0.2) is 15.5 Å². The smallest absolute Gasteiger partial charge is 0.230 e. The molecule has 1 N–H and O–H groups in total. The lowest BCUT2D eigenvalue weighted by atomic mass is 9.88. The summed E-state index contributed by atoms with van der Waals surface area (Å²) in [6.07, 6.45) is 8.22. The van der Waals surface area contributed by atoms with Gasteiger partial charge in [-0.25, -0.2) is 9.83 Å². The van der Waals surface area contributed by atoms with Crippen molar-refractivity contribution in [1.29, 1.82) is 0 Å². The number of hydrogen-bond donors (Lipinski definition) is 1. The van der Waals surface area contributed by atoms with Gasteiger partial charge in [-0.2, -0.15) is 0 Å². The molecule has 0 saturated heterocycles. The molecule has 3 fully saturated rings. The van der Waals surface area contributed by atoms with Crippen molar-refractivity contribution in [1.82, 2.24) is 9.55 Å². The Bertz CT molecular complexity index is 889. The molecule has 0 radical (unpaired) electrons. The summed E-state index contributed by atoms with van der Waals surface area (Å²) in [5.74, 6) is 2.31. The molecule has 136 valence electrons. The second kappa shape index (κ2) is 6.42. The summed E-state index contributed by atoms with van der Waals surface area (Å²) in [5, 5.41) is 3.15. The number of imidazole rings is 1. The highest BCUT2D eigenvalue weighted by molar-refractivity contribution is 5.94. The van der Waals surface area contributed by atoms with Crippen LogP contribution < -0.4 is 5.32 Å². The van der Waals surface area contributed by atoms with Crippen LogP contribution in [0, 0.1) is 24.3 Å². The largest absolute Gasteiger partial charge is 0.308 e. The molecule has 5 nitrogen and oxygen atoms in total. The Morgan fingerprint density at radius 2 is 2.08 bits per heavy atom. The fraction of sp³-hybridized carbons (Fsp3) is 0.571. The molecule has 0 spiro atoms. The summed E-state index contributed by atoms with van der Waals surface area (Å²) in [6, 6.07) is 5.99. The fourth-order valence-electron chi connectivity index (χ4n) is 5.02. The van der Waals surface area contributed by atoms with E-state index < -0.39 is 0 Å². The van der Waals surface area contributed by atoms with E-state index in [2.05, 4.69) is 14.7 Å². The summed E-state index contributed by atoms with van der Waals surface area (Å²) in [5.41, 5.74) is 2.46. The second-order valence-electron chi connectivity index (χ2n) is 7.95. The van der Waals surface area contributed by atoms with E-state index in [1.807, 2.05) is 12.1 Å². The zero-order valence-electron chi connectivity index (χ0n) is 14.2. The Balaban J connectivity index is 0.00000168. The number of fused-ring (bicyclic) bond motifs is 3. The quantitative estimate of drug-likeness (QED) is 0.761. The number of carbonyl (C=O) groups is 1. The third kappa shape index (κ3) is 2.59. The van der Waals surface area contributed by atoms with Crippen molar-refractivity contribution >= 4 is 28.6 Å². The third-order valence-electron chi connectivity index (χ3n) is 6.55. The minimum Gasteiger partial charge on any atom is -0.308 e. The summed E-state index contributed by atoms with van der Waals surface area (Å²) < 4.78 is 2.17. The molecule has 2 aromatic rings. The van der Waals surface area contributed by atoms with Gasteiger partial charge in [0.05, 0.1) is 17.6 Å². The van der Waals surface area contributed by atoms with Gasteiger partial charge in [0.25, 0.3) is 0 Å². The predicted octanol–water partition coefficient (Wildman–Crippen LogP) is 5.32. The lowest BCUT2D eigenvalue weighted by Gasteiger charge is -2.29. The van der Waals surface area contributed by atoms with E-state index in [0.29, 0.717) is 23.6 Å². The van der Waals surface area contributed by atoms with Gasteiger partial charge >= 0.3 is 0 Å². The van der Waals surface area contributed by atoms with Crippen molar-refractivity contribution in [3.63, 3.8) is 0 Å². The van der Waals surface area contributed by atoms with E-state index >= 15 is 0 Å². The zero-order valence-corrected chi connectivity index (χ0v) is 14.2. The second-order valence-corrected chi connectivity index (χ2v) is 7.95. The lowest BCUT2D eigenvalue weighted by molar-refractivity contribution is -0.121. The molecule has 3 saturated carbocycles. The molecule has 0 aliphatic heterocycles. The number of anilines is 1. The highest BCUT2D eigenvalue weighted by Gasteiger charge is 2.43. The molecule has 3 unspecified atom stereocenters. The third-order valence-corrected chi connectivity index (χ3v) is 6.55. The van der Waals surface area contributed by atoms with Crippen molar-refractivity contribution in [2.45, 2.75) is 58.4 Å². The molecule has 1 aromatic heterocycles. The van der Waals surface area contributed by atoms with Gasteiger partial charge in [0.2, 0.25) is 11.9 Å². The van der Waals surface area contributed by atoms with Gasteiger partial charge in [0, 0.05) is 12.0 Å². The van der Waals surface area contributed by atoms with Gasteiger partial charge in [0.1, 0.15) is 0 Å². The maximum Gasteiger partial charge on any atom is 0.230 e. The van der Waals surface area contributed by atoms with Crippen molar-refractivity contribution in [2.24, 2.45) is 17.8 Å². The molecular formula is C21H26N4O. The molecule has 3 atom stereocenters. The van der Waals surface area contributed by atoms with Crippen LogP contribution in [0.2, 0.25) is 0 Å². The minimum atomic E-state index is 0. The summed E-state index contributed by atoms with van der Waals surface area (Å²) in [4.78, 5) is 21.1. The van der Waals surface area contributed by atoms with Crippen LogP contribution in [0.3, 0.4) is 0 Å². The number of hydrogen-bond acceptors (Lipinski definition) is 2. The average Bonchev–Trinajstić information content (AvgIpc) is 3.28. The van der Waals surface area contributed by atoms with Crippen LogP contribution in [-0.2, 0) is 4.79 Å². The first-order valence-corrected chi connectivity index (χ1v) is 9.43. The number of aromatic nitrogens is 2. The van der Waals surface area contributed by atoms with Gasteiger partial charge in [0.15, 0.2) is 5.69 Å². The standard InChI is InChI=1S/C20H22N4O.CH4/c1-21-14-7-8-17-18(11-14)24(15-3-2-4-15)20(22-17)23-19(25)16-10-12-5-6-13(16)9-12;/h7-8,11-13,15-16H,2-6,9-10H2,(H,22,23,25);1H4. The number of nitrogens with zero attached hydrogens (tertiary/aromatic N) is 3. The summed E-state index contributed by atoms with van der Waals surface area (Å²) >= 11 is 0. The number of rotatable bonds is 3. The fourth-order valence-corrected chi connectivity index (χ4v) is 5.02.